The summed E-state index contributed by atoms with van der Waals surface area (Å²) in [6.45, 7) is 9.88. The molecule has 1 aliphatic heterocycles. The van der Waals surface area contributed by atoms with Gasteiger partial charge in [-0.15, -0.1) is 0 Å². The molecule has 1 saturated heterocycles. The van der Waals surface area contributed by atoms with E-state index < -0.39 is 0 Å². The third kappa shape index (κ3) is 2.01. The van der Waals surface area contributed by atoms with E-state index in [2.05, 4.69) is 27.8 Å². The van der Waals surface area contributed by atoms with Crippen molar-refractivity contribution < 1.29 is 4.48 Å². The summed E-state index contributed by atoms with van der Waals surface area (Å²) in [6, 6.07) is 0. The Morgan fingerprint density at radius 3 is 1.58 bits per heavy atom. The lowest BCUT2D eigenvalue weighted by Crippen LogP contribution is -2.57. The SMILES string of the molecule is CC(C)(C)[N+]1(C)CCCCCC1. The van der Waals surface area contributed by atoms with Crippen LogP contribution in [0.5, 0.6) is 0 Å². The first kappa shape index (κ1) is 10.0. The van der Waals surface area contributed by atoms with E-state index in [4.69, 9.17) is 0 Å². The molecule has 12 heavy (non-hydrogen) atoms. The van der Waals surface area contributed by atoms with Crippen LogP contribution in [0.4, 0.5) is 0 Å². The van der Waals surface area contributed by atoms with Crippen LogP contribution in [0.1, 0.15) is 46.5 Å². The molecule has 0 amide bonds. The Morgan fingerprint density at radius 1 is 0.833 bits per heavy atom. The summed E-state index contributed by atoms with van der Waals surface area (Å²) in [6.07, 6.45) is 5.75. The highest BCUT2D eigenvalue weighted by Crippen LogP contribution is 2.26. The lowest BCUT2D eigenvalue weighted by atomic mass is 10.0. The van der Waals surface area contributed by atoms with Crippen LogP contribution in [-0.4, -0.2) is 30.2 Å². The highest BCUT2D eigenvalue weighted by molar-refractivity contribution is 4.64. The monoisotopic (exact) mass is 170 g/mol. The lowest BCUT2D eigenvalue weighted by Gasteiger charge is -2.45. The molecule has 0 bridgehead atoms. The van der Waals surface area contributed by atoms with Crippen LogP contribution in [0, 0.1) is 0 Å². The van der Waals surface area contributed by atoms with Gasteiger partial charge in [0, 0.05) is 0 Å². The maximum absolute atomic E-state index is 2.42. The fourth-order valence-corrected chi connectivity index (χ4v) is 2.06. The van der Waals surface area contributed by atoms with E-state index in [1.807, 2.05) is 0 Å². The third-order valence-corrected chi connectivity index (χ3v) is 3.67. The van der Waals surface area contributed by atoms with E-state index >= 15 is 0 Å². The predicted molar refractivity (Wildman–Crippen MR) is 54.1 cm³/mol. The Hall–Kier alpha value is -0.0400. The van der Waals surface area contributed by atoms with Gasteiger partial charge in [0.1, 0.15) is 0 Å². The van der Waals surface area contributed by atoms with E-state index in [0.29, 0.717) is 5.54 Å². The van der Waals surface area contributed by atoms with Crippen molar-refractivity contribution in [1.82, 2.24) is 0 Å². The molecule has 1 rings (SSSR count). The maximum atomic E-state index is 2.42. The minimum absolute atomic E-state index is 0.435. The minimum atomic E-state index is 0.435. The zero-order valence-electron chi connectivity index (χ0n) is 9.19. The fourth-order valence-electron chi connectivity index (χ4n) is 2.06. The van der Waals surface area contributed by atoms with Gasteiger partial charge in [-0.3, -0.25) is 0 Å². The normalized spacial score (nSPS) is 25.0. The van der Waals surface area contributed by atoms with Crippen LogP contribution in [-0.2, 0) is 0 Å². The van der Waals surface area contributed by atoms with Gasteiger partial charge in [0.15, 0.2) is 0 Å². The zero-order chi connectivity index (χ0) is 9.24. The lowest BCUT2D eigenvalue weighted by molar-refractivity contribution is -0.952. The second-order valence-electron chi connectivity index (χ2n) is 5.43. The van der Waals surface area contributed by atoms with Gasteiger partial charge in [-0.25, -0.2) is 0 Å². The van der Waals surface area contributed by atoms with Crippen molar-refractivity contribution >= 4 is 0 Å². The van der Waals surface area contributed by atoms with Crippen LogP contribution in [0.3, 0.4) is 0 Å². The highest BCUT2D eigenvalue weighted by atomic mass is 15.4. The van der Waals surface area contributed by atoms with Crippen molar-refractivity contribution in [1.29, 1.82) is 0 Å². The van der Waals surface area contributed by atoms with E-state index in [1.54, 1.807) is 0 Å². The largest absolute Gasteiger partial charge is 0.322 e. The Labute approximate surface area is 77.4 Å². The molecule has 0 N–H and O–H groups in total. The van der Waals surface area contributed by atoms with Crippen LogP contribution < -0.4 is 0 Å². The first-order chi connectivity index (χ1) is 5.46. The van der Waals surface area contributed by atoms with Gasteiger partial charge in [0.25, 0.3) is 0 Å². The van der Waals surface area contributed by atoms with Gasteiger partial charge in [-0.2, -0.15) is 0 Å². The topological polar surface area (TPSA) is 0 Å². The average Bonchev–Trinajstić information content (AvgIpc) is 2.12. The summed E-state index contributed by atoms with van der Waals surface area (Å²) in [5.74, 6) is 0. The molecule has 0 spiro atoms. The molecule has 0 aliphatic carbocycles. The molecule has 0 saturated carbocycles. The summed E-state index contributed by atoms with van der Waals surface area (Å²) in [5, 5.41) is 0. The average molecular weight is 170 g/mol. The van der Waals surface area contributed by atoms with E-state index in [0.717, 1.165) is 0 Å². The number of hydrogen-bond donors (Lipinski definition) is 0. The molecule has 1 fully saturated rings. The molecule has 1 nitrogen and oxygen atoms in total. The summed E-state index contributed by atoms with van der Waals surface area (Å²) in [7, 11) is 2.42. The number of likely N-dealkylation sites (tertiary alicyclic amines) is 1. The number of quaternary nitrogens is 1. The molecule has 0 aromatic heterocycles. The van der Waals surface area contributed by atoms with Crippen LogP contribution in [0.2, 0.25) is 0 Å². The molecule has 0 aromatic rings. The van der Waals surface area contributed by atoms with Crippen molar-refractivity contribution in [2.75, 3.05) is 20.1 Å². The van der Waals surface area contributed by atoms with Crippen molar-refractivity contribution in [2.45, 2.75) is 52.0 Å². The summed E-state index contributed by atoms with van der Waals surface area (Å²) >= 11 is 0. The second-order valence-corrected chi connectivity index (χ2v) is 5.43. The van der Waals surface area contributed by atoms with Crippen molar-refractivity contribution in [2.24, 2.45) is 0 Å². The van der Waals surface area contributed by atoms with Crippen molar-refractivity contribution in [3.8, 4) is 0 Å². The van der Waals surface area contributed by atoms with E-state index in [1.165, 1.54) is 43.3 Å². The van der Waals surface area contributed by atoms with Crippen LogP contribution >= 0.6 is 0 Å². The van der Waals surface area contributed by atoms with Gasteiger partial charge >= 0.3 is 0 Å². The molecule has 0 unspecified atom stereocenters. The smallest absolute Gasteiger partial charge is 0.0905 e. The Bertz CT molecular complexity index is 136. The first-order valence-electron chi connectivity index (χ1n) is 5.30. The molecule has 0 atom stereocenters. The quantitative estimate of drug-likeness (QED) is 0.490. The fraction of sp³-hybridized carbons (Fsp3) is 1.00. The Morgan fingerprint density at radius 2 is 1.25 bits per heavy atom. The third-order valence-electron chi connectivity index (χ3n) is 3.67. The summed E-state index contributed by atoms with van der Waals surface area (Å²) in [4.78, 5) is 0. The molecule has 0 radical (unpaired) electrons. The van der Waals surface area contributed by atoms with Gasteiger partial charge in [-0.1, -0.05) is 0 Å². The summed E-state index contributed by atoms with van der Waals surface area (Å²) in [5.41, 5.74) is 0.435. The molecule has 1 heteroatoms. The van der Waals surface area contributed by atoms with Gasteiger partial charge < -0.3 is 4.48 Å². The predicted octanol–water partition coefficient (Wildman–Crippen LogP) is 2.81. The standard InChI is InChI=1S/C11H24N/c1-11(2,3)12(4)9-7-5-6-8-10-12/h5-10H2,1-4H3/q+1. The van der Waals surface area contributed by atoms with Crippen molar-refractivity contribution in [3.63, 3.8) is 0 Å². The second kappa shape index (κ2) is 3.37. The van der Waals surface area contributed by atoms with Crippen LogP contribution in [0.25, 0.3) is 0 Å². The molecule has 0 aromatic carbocycles. The molecular formula is C11H24N+. The van der Waals surface area contributed by atoms with E-state index in [9.17, 15) is 0 Å². The maximum Gasteiger partial charge on any atom is 0.0905 e. The van der Waals surface area contributed by atoms with Gasteiger partial charge in [0.05, 0.1) is 25.7 Å². The van der Waals surface area contributed by atoms with Crippen LogP contribution in [0.15, 0.2) is 0 Å². The molecular weight excluding hydrogens is 146 g/mol. The Kier molecular flexibility index (Phi) is 2.82. The van der Waals surface area contributed by atoms with E-state index in [-0.39, 0.29) is 0 Å². The number of nitrogens with zero attached hydrogens (tertiary/aromatic N) is 1. The molecule has 1 aliphatic rings. The van der Waals surface area contributed by atoms with Crippen molar-refractivity contribution in [3.05, 3.63) is 0 Å². The number of hydrogen-bond acceptors (Lipinski definition) is 0. The summed E-state index contributed by atoms with van der Waals surface area (Å²) < 4.78 is 1.27. The minimum Gasteiger partial charge on any atom is -0.322 e. The first-order valence-corrected chi connectivity index (χ1v) is 5.30. The number of rotatable bonds is 0. The van der Waals surface area contributed by atoms with Gasteiger partial charge in [-0.05, 0) is 46.5 Å². The Balaban J connectivity index is 2.67. The molecule has 72 valence electrons. The van der Waals surface area contributed by atoms with Gasteiger partial charge in [0.2, 0.25) is 0 Å². The highest BCUT2D eigenvalue weighted by Gasteiger charge is 2.35. The zero-order valence-corrected chi connectivity index (χ0v) is 9.19. The molecule has 1 heterocycles.